The normalized spacial score (nSPS) is 14.1. The van der Waals surface area contributed by atoms with Crippen LogP contribution in [0.5, 0.6) is 0 Å². The summed E-state index contributed by atoms with van der Waals surface area (Å²) in [5.41, 5.74) is -0.620. The molecule has 0 amide bonds. The maximum atomic E-state index is 13.0. The van der Waals surface area contributed by atoms with Crippen molar-refractivity contribution >= 4 is 30.4 Å². The van der Waals surface area contributed by atoms with Crippen LogP contribution in [0.25, 0.3) is 0 Å². The van der Waals surface area contributed by atoms with Gasteiger partial charge in [0.25, 0.3) is 0 Å². The molecule has 1 aromatic carbocycles. The van der Waals surface area contributed by atoms with Crippen molar-refractivity contribution in [2.24, 2.45) is 0 Å². The van der Waals surface area contributed by atoms with Crippen LogP contribution in [0.4, 0.5) is 0 Å². The predicted octanol–water partition coefficient (Wildman–Crippen LogP) is 3.01. The van der Waals surface area contributed by atoms with Crippen molar-refractivity contribution in [2.45, 2.75) is 10.8 Å². The van der Waals surface area contributed by atoms with Gasteiger partial charge in [0.2, 0.25) is 0 Å². The second-order valence-electron chi connectivity index (χ2n) is 5.41. The highest BCUT2D eigenvalue weighted by Crippen LogP contribution is 2.78. The van der Waals surface area contributed by atoms with E-state index in [1.165, 1.54) is 12.1 Å². The van der Waals surface area contributed by atoms with Crippen molar-refractivity contribution < 1.29 is 55.9 Å². The van der Waals surface area contributed by atoms with E-state index in [-0.39, 0.29) is 5.56 Å². The average Bonchev–Trinajstić information content (AvgIpc) is 2.59. The molecule has 16 heteroatoms. The van der Waals surface area contributed by atoms with Crippen LogP contribution in [0, 0.1) is 0 Å². The van der Waals surface area contributed by atoms with Crippen molar-refractivity contribution in [3.8, 4) is 0 Å². The Balaban J connectivity index is 3.79. The standard InChI is InChI=1S/C12H22O12P4/c1-21-27(19,22-2)12(28(20,23-3)24-4)10-7-5-6-9(8-10)11(25(13,14)15)26(16,17)18/h5-8,11-12H,1-4H3,(H2,13,14,15)(H2,16,17,18). The molecule has 0 radical (unpaired) electrons. The molecule has 0 heterocycles. The van der Waals surface area contributed by atoms with Crippen molar-refractivity contribution in [3.63, 3.8) is 0 Å². The van der Waals surface area contributed by atoms with E-state index in [2.05, 4.69) is 0 Å². The Labute approximate surface area is 161 Å². The Kier molecular flexibility index (Phi) is 8.60. The molecule has 0 saturated carbocycles. The largest absolute Gasteiger partial charge is 0.349 e. The minimum Gasteiger partial charge on any atom is -0.324 e. The molecule has 1 rings (SSSR count). The Morgan fingerprint density at radius 2 is 1.00 bits per heavy atom. The van der Waals surface area contributed by atoms with E-state index in [0.29, 0.717) is 0 Å². The summed E-state index contributed by atoms with van der Waals surface area (Å²) >= 11 is 0. The van der Waals surface area contributed by atoms with Crippen LogP contribution < -0.4 is 0 Å². The predicted molar refractivity (Wildman–Crippen MR) is 99.3 cm³/mol. The molecule has 0 saturated heterocycles. The van der Waals surface area contributed by atoms with Gasteiger partial charge in [-0.05, 0) is 11.1 Å². The molecule has 0 atom stereocenters. The van der Waals surface area contributed by atoms with Crippen LogP contribution in [0.2, 0.25) is 0 Å². The van der Waals surface area contributed by atoms with E-state index in [0.717, 1.165) is 40.6 Å². The molecular weight excluding hydrogens is 460 g/mol. The van der Waals surface area contributed by atoms with E-state index in [1.807, 2.05) is 0 Å². The summed E-state index contributed by atoms with van der Waals surface area (Å²) in [6, 6.07) is 4.42. The van der Waals surface area contributed by atoms with Gasteiger partial charge >= 0.3 is 30.4 Å². The first-order chi connectivity index (χ1) is 12.7. The highest BCUT2D eigenvalue weighted by Gasteiger charge is 2.51. The highest BCUT2D eigenvalue weighted by atomic mass is 31.2. The van der Waals surface area contributed by atoms with Crippen LogP contribution in [0.3, 0.4) is 0 Å². The summed E-state index contributed by atoms with van der Waals surface area (Å²) in [4.78, 5) is 37.6. The second kappa shape index (κ2) is 9.31. The fourth-order valence-corrected chi connectivity index (χ4v) is 9.88. The van der Waals surface area contributed by atoms with Gasteiger partial charge in [0, 0.05) is 28.4 Å². The van der Waals surface area contributed by atoms with Gasteiger partial charge in [-0.15, -0.1) is 0 Å². The molecule has 0 unspecified atom stereocenters. The lowest BCUT2D eigenvalue weighted by Gasteiger charge is -2.29. The Bertz CT molecular complexity index is 809. The van der Waals surface area contributed by atoms with Gasteiger partial charge in [-0.3, -0.25) is 18.3 Å². The van der Waals surface area contributed by atoms with Gasteiger partial charge in [0.1, 0.15) is 0 Å². The van der Waals surface area contributed by atoms with Gasteiger partial charge in [0.05, 0.1) is 0 Å². The van der Waals surface area contributed by atoms with Gasteiger partial charge in [-0.25, -0.2) is 0 Å². The lowest BCUT2D eigenvalue weighted by Crippen LogP contribution is -2.09. The maximum absolute atomic E-state index is 13.0. The van der Waals surface area contributed by atoms with E-state index in [1.54, 1.807) is 0 Å². The first-order valence-electron chi connectivity index (χ1n) is 7.33. The van der Waals surface area contributed by atoms with Crippen LogP contribution in [-0.2, 0) is 36.4 Å². The summed E-state index contributed by atoms with van der Waals surface area (Å²) < 4.78 is 68.9. The molecule has 28 heavy (non-hydrogen) atoms. The molecular formula is C12H22O12P4. The number of benzene rings is 1. The minimum atomic E-state index is -5.30. The van der Waals surface area contributed by atoms with Gasteiger partial charge < -0.3 is 37.7 Å². The van der Waals surface area contributed by atoms with Crippen LogP contribution in [0.15, 0.2) is 24.3 Å². The first-order valence-corrected chi connectivity index (χ1v) is 13.9. The van der Waals surface area contributed by atoms with Gasteiger partial charge in [-0.2, -0.15) is 0 Å². The lowest BCUT2D eigenvalue weighted by molar-refractivity contribution is 0.247. The zero-order chi connectivity index (χ0) is 22.0. The average molecular weight is 482 g/mol. The Morgan fingerprint density at radius 3 is 1.29 bits per heavy atom. The highest BCUT2D eigenvalue weighted by molar-refractivity contribution is 7.72. The molecule has 162 valence electrons. The van der Waals surface area contributed by atoms with E-state index >= 15 is 0 Å². The molecule has 0 aliphatic carbocycles. The molecule has 0 spiro atoms. The first kappa shape index (κ1) is 25.9. The zero-order valence-corrected chi connectivity index (χ0v) is 18.9. The maximum Gasteiger partial charge on any atom is 0.349 e. The summed E-state index contributed by atoms with van der Waals surface area (Å²) in [5, 5.41) is -4.17. The molecule has 0 aromatic heterocycles. The summed E-state index contributed by atoms with van der Waals surface area (Å²) in [5.74, 6) is 0. The third-order valence-corrected chi connectivity index (χ3v) is 13.0. The smallest absolute Gasteiger partial charge is 0.324 e. The molecule has 12 nitrogen and oxygen atoms in total. The van der Waals surface area contributed by atoms with Crippen LogP contribution in [0.1, 0.15) is 21.9 Å². The van der Waals surface area contributed by atoms with E-state index in [4.69, 9.17) is 18.1 Å². The summed E-state index contributed by atoms with van der Waals surface area (Å²) in [7, 11) is -14.9. The van der Waals surface area contributed by atoms with E-state index in [9.17, 15) is 37.8 Å². The van der Waals surface area contributed by atoms with Crippen LogP contribution >= 0.6 is 30.4 Å². The van der Waals surface area contributed by atoms with Crippen molar-refractivity contribution in [1.29, 1.82) is 0 Å². The van der Waals surface area contributed by atoms with Gasteiger partial charge in [-0.1, -0.05) is 24.3 Å². The third-order valence-electron chi connectivity index (χ3n) is 3.76. The molecule has 0 aliphatic rings. The van der Waals surface area contributed by atoms with Crippen molar-refractivity contribution in [1.82, 2.24) is 0 Å². The Morgan fingerprint density at radius 1 is 0.679 bits per heavy atom. The summed E-state index contributed by atoms with van der Waals surface area (Å²) in [6.45, 7) is 0. The van der Waals surface area contributed by atoms with Crippen molar-refractivity contribution in [3.05, 3.63) is 35.4 Å². The molecule has 1 aromatic rings. The van der Waals surface area contributed by atoms with Gasteiger partial charge in [0.15, 0.2) is 10.8 Å². The fourth-order valence-electron chi connectivity index (χ4n) is 2.55. The summed E-state index contributed by atoms with van der Waals surface area (Å²) in [6.07, 6.45) is 0. The Hall–Kier alpha value is -0.180. The van der Waals surface area contributed by atoms with Crippen molar-refractivity contribution in [2.75, 3.05) is 28.4 Å². The molecule has 0 fully saturated rings. The topological polar surface area (TPSA) is 186 Å². The third kappa shape index (κ3) is 5.49. The minimum absolute atomic E-state index is 0.150. The fraction of sp³-hybridized carbons (Fsp3) is 0.500. The number of hydrogen-bond donors (Lipinski definition) is 4. The number of hydrogen-bond acceptors (Lipinski definition) is 8. The molecule has 4 N–H and O–H groups in total. The zero-order valence-electron chi connectivity index (χ0n) is 15.3. The quantitative estimate of drug-likeness (QED) is 0.358. The van der Waals surface area contributed by atoms with Crippen LogP contribution in [-0.4, -0.2) is 48.0 Å². The number of rotatable bonds is 10. The molecule has 0 aliphatic heterocycles. The lowest BCUT2D eigenvalue weighted by atomic mass is 10.1. The molecule has 0 bridgehead atoms. The SMILES string of the molecule is COP(=O)(OC)C(c1cccc(C(P(=O)(O)O)P(=O)(O)O)c1)P(=O)(OC)OC. The monoisotopic (exact) mass is 482 g/mol. The van der Waals surface area contributed by atoms with E-state index < -0.39 is 46.7 Å². The second-order valence-corrected chi connectivity index (χ2v) is 14.3.